The van der Waals surface area contributed by atoms with Gasteiger partial charge in [0.15, 0.2) is 0 Å². The molecule has 0 aromatic rings. The molecule has 2 bridgehead atoms. The highest BCUT2D eigenvalue weighted by Crippen LogP contribution is 2.66. The Labute approximate surface area is 153 Å². The van der Waals surface area contributed by atoms with Gasteiger partial charge in [-0.25, -0.2) is 0 Å². The number of rotatable bonds is 5. The van der Waals surface area contributed by atoms with Crippen LogP contribution in [0.15, 0.2) is 0 Å². The van der Waals surface area contributed by atoms with Crippen molar-refractivity contribution in [2.24, 2.45) is 29.1 Å². The highest BCUT2D eigenvalue weighted by molar-refractivity contribution is 5.78. The van der Waals surface area contributed by atoms with Gasteiger partial charge >= 0.3 is 5.97 Å². The van der Waals surface area contributed by atoms with E-state index in [1.807, 2.05) is 0 Å². The Hall–Kier alpha value is -0.570. The van der Waals surface area contributed by atoms with Crippen molar-refractivity contribution in [3.8, 4) is 0 Å². The normalized spacial score (nSPS) is 47.2. The molecule has 3 aliphatic carbocycles. The molecular formula is C22H36O3. The summed E-state index contributed by atoms with van der Waals surface area (Å²) in [7, 11) is 0. The van der Waals surface area contributed by atoms with Gasteiger partial charge in [0.05, 0.1) is 17.6 Å². The molecule has 0 radical (unpaired) electrons. The first-order chi connectivity index (χ1) is 12.0. The maximum atomic E-state index is 13.3. The fourth-order valence-electron chi connectivity index (χ4n) is 7.12. The van der Waals surface area contributed by atoms with E-state index >= 15 is 0 Å². The standard InChI is InChI=1S/C22H36O3/c1-5-16-18-14-12-15(19(18)17(6-2)24-16)21(4,13-14)20(23)25-22(7-3)10-8-9-11-22/h14-19H,5-13H2,1-4H3. The van der Waals surface area contributed by atoms with Gasteiger partial charge in [-0.3, -0.25) is 4.79 Å². The Balaban J connectivity index is 1.55. The van der Waals surface area contributed by atoms with E-state index in [4.69, 9.17) is 9.47 Å². The Morgan fingerprint density at radius 2 is 1.72 bits per heavy atom. The molecule has 0 spiro atoms. The summed E-state index contributed by atoms with van der Waals surface area (Å²) in [5.74, 6) is 2.50. The highest BCUT2D eigenvalue weighted by atomic mass is 16.6. The lowest BCUT2D eigenvalue weighted by atomic mass is 9.63. The molecule has 142 valence electrons. The summed E-state index contributed by atoms with van der Waals surface area (Å²) < 4.78 is 12.7. The van der Waals surface area contributed by atoms with Gasteiger partial charge in [0.1, 0.15) is 5.60 Å². The van der Waals surface area contributed by atoms with Crippen LogP contribution in [0.25, 0.3) is 0 Å². The number of esters is 1. The predicted octanol–water partition coefficient (Wildman–Crippen LogP) is 5.12. The van der Waals surface area contributed by atoms with E-state index in [-0.39, 0.29) is 17.0 Å². The van der Waals surface area contributed by atoms with Gasteiger partial charge in [-0.1, -0.05) is 20.8 Å². The number of carbonyl (C=O) groups is 1. The molecule has 7 unspecified atom stereocenters. The van der Waals surface area contributed by atoms with E-state index in [2.05, 4.69) is 27.7 Å². The van der Waals surface area contributed by atoms with Gasteiger partial charge in [0, 0.05) is 0 Å². The molecule has 7 atom stereocenters. The van der Waals surface area contributed by atoms with Crippen LogP contribution in [-0.2, 0) is 14.3 Å². The number of hydrogen-bond donors (Lipinski definition) is 0. The third kappa shape index (κ3) is 2.51. The monoisotopic (exact) mass is 348 g/mol. The second-order valence-corrected chi connectivity index (χ2v) is 9.54. The minimum absolute atomic E-state index is 0.108. The maximum Gasteiger partial charge on any atom is 0.312 e. The largest absolute Gasteiger partial charge is 0.459 e. The second kappa shape index (κ2) is 6.25. The molecule has 0 amide bonds. The average molecular weight is 349 g/mol. The summed E-state index contributed by atoms with van der Waals surface area (Å²) in [5, 5.41) is 0. The molecule has 4 fully saturated rings. The minimum Gasteiger partial charge on any atom is -0.459 e. The van der Waals surface area contributed by atoms with Crippen LogP contribution in [-0.4, -0.2) is 23.8 Å². The maximum absolute atomic E-state index is 13.3. The van der Waals surface area contributed by atoms with Gasteiger partial charge in [0.2, 0.25) is 0 Å². The molecule has 0 aromatic heterocycles. The third-order valence-corrected chi connectivity index (χ3v) is 8.46. The zero-order chi connectivity index (χ0) is 17.8. The van der Waals surface area contributed by atoms with Gasteiger partial charge < -0.3 is 9.47 Å². The van der Waals surface area contributed by atoms with Crippen molar-refractivity contribution in [2.75, 3.05) is 0 Å². The van der Waals surface area contributed by atoms with Crippen molar-refractivity contribution >= 4 is 5.97 Å². The second-order valence-electron chi connectivity index (χ2n) is 9.54. The molecule has 3 nitrogen and oxygen atoms in total. The van der Waals surface area contributed by atoms with E-state index in [0.29, 0.717) is 35.9 Å². The van der Waals surface area contributed by atoms with Crippen LogP contribution in [0.3, 0.4) is 0 Å². The van der Waals surface area contributed by atoms with Crippen molar-refractivity contribution in [1.82, 2.24) is 0 Å². The van der Waals surface area contributed by atoms with Gasteiger partial charge in [-0.2, -0.15) is 0 Å². The first-order valence-electron chi connectivity index (χ1n) is 10.9. The number of ether oxygens (including phenoxy) is 2. The fourth-order valence-corrected chi connectivity index (χ4v) is 7.12. The van der Waals surface area contributed by atoms with E-state index in [1.54, 1.807) is 0 Å². The molecule has 25 heavy (non-hydrogen) atoms. The molecule has 0 aromatic carbocycles. The first-order valence-corrected chi connectivity index (χ1v) is 10.9. The van der Waals surface area contributed by atoms with Crippen molar-refractivity contribution in [2.45, 2.75) is 103 Å². The van der Waals surface area contributed by atoms with Crippen molar-refractivity contribution in [3.63, 3.8) is 0 Å². The van der Waals surface area contributed by atoms with Gasteiger partial charge in [0.25, 0.3) is 0 Å². The summed E-state index contributed by atoms with van der Waals surface area (Å²) in [6.07, 6.45) is 10.7. The number of hydrogen-bond acceptors (Lipinski definition) is 3. The highest BCUT2D eigenvalue weighted by Gasteiger charge is 2.67. The molecule has 1 saturated heterocycles. The molecule has 4 aliphatic rings. The molecule has 4 rings (SSSR count). The SMILES string of the molecule is CCC1OC(CC)C2C1C1CC2C(C)(C(=O)OC2(CC)CCCC2)C1. The Morgan fingerprint density at radius 1 is 1.08 bits per heavy atom. The minimum atomic E-state index is -0.282. The van der Waals surface area contributed by atoms with Crippen LogP contribution in [0, 0.1) is 29.1 Å². The summed E-state index contributed by atoms with van der Waals surface area (Å²) >= 11 is 0. The van der Waals surface area contributed by atoms with Crippen LogP contribution < -0.4 is 0 Å². The van der Waals surface area contributed by atoms with Crippen LogP contribution >= 0.6 is 0 Å². The van der Waals surface area contributed by atoms with Crippen molar-refractivity contribution < 1.29 is 14.3 Å². The van der Waals surface area contributed by atoms with E-state index in [9.17, 15) is 4.79 Å². The first kappa shape index (κ1) is 17.8. The predicted molar refractivity (Wildman–Crippen MR) is 98.1 cm³/mol. The zero-order valence-electron chi connectivity index (χ0n) is 16.6. The van der Waals surface area contributed by atoms with Crippen LogP contribution in [0.2, 0.25) is 0 Å². The average Bonchev–Trinajstić information content (AvgIpc) is 3.35. The van der Waals surface area contributed by atoms with Crippen LogP contribution in [0.5, 0.6) is 0 Å². The number of fused-ring (bicyclic) bond motifs is 5. The van der Waals surface area contributed by atoms with Gasteiger partial charge in [-0.05, 0) is 88.4 Å². The molecule has 0 N–H and O–H groups in total. The van der Waals surface area contributed by atoms with E-state index in [0.717, 1.165) is 38.5 Å². The Kier molecular flexibility index (Phi) is 4.46. The zero-order valence-corrected chi connectivity index (χ0v) is 16.6. The van der Waals surface area contributed by atoms with E-state index < -0.39 is 0 Å². The summed E-state index contributed by atoms with van der Waals surface area (Å²) in [5.41, 5.74) is -0.445. The van der Waals surface area contributed by atoms with Crippen LogP contribution in [0.1, 0.15) is 85.5 Å². The lowest BCUT2D eigenvalue weighted by Crippen LogP contribution is -2.46. The summed E-state index contributed by atoms with van der Waals surface area (Å²) in [6.45, 7) is 8.89. The lowest BCUT2D eigenvalue weighted by Gasteiger charge is -2.42. The quantitative estimate of drug-likeness (QED) is 0.647. The third-order valence-electron chi connectivity index (χ3n) is 8.46. The molecule has 3 heteroatoms. The van der Waals surface area contributed by atoms with Gasteiger partial charge in [-0.15, -0.1) is 0 Å². The topological polar surface area (TPSA) is 35.5 Å². The summed E-state index contributed by atoms with van der Waals surface area (Å²) in [6, 6.07) is 0. The fraction of sp³-hybridized carbons (Fsp3) is 0.955. The molecule has 1 heterocycles. The Morgan fingerprint density at radius 3 is 2.32 bits per heavy atom. The number of carbonyl (C=O) groups excluding carboxylic acids is 1. The molecule has 1 aliphatic heterocycles. The van der Waals surface area contributed by atoms with E-state index in [1.165, 1.54) is 19.3 Å². The lowest BCUT2D eigenvalue weighted by molar-refractivity contribution is -0.177. The van der Waals surface area contributed by atoms with Crippen molar-refractivity contribution in [1.29, 1.82) is 0 Å². The van der Waals surface area contributed by atoms with Crippen LogP contribution in [0.4, 0.5) is 0 Å². The smallest absolute Gasteiger partial charge is 0.312 e. The Bertz CT molecular complexity index is 523. The molecular weight excluding hydrogens is 312 g/mol. The molecule has 3 saturated carbocycles. The van der Waals surface area contributed by atoms with Crippen molar-refractivity contribution in [3.05, 3.63) is 0 Å². The summed E-state index contributed by atoms with van der Waals surface area (Å²) in [4.78, 5) is 13.3.